The summed E-state index contributed by atoms with van der Waals surface area (Å²) in [7, 11) is 0. The van der Waals surface area contributed by atoms with E-state index in [0.29, 0.717) is 24.5 Å². The van der Waals surface area contributed by atoms with Gasteiger partial charge in [0.05, 0.1) is 0 Å². The molecular weight excluding hydrogens is 252 g/mol. The summed E-state index contributed by atoms with van der Waals surface area (Å²) in [4.78, 5) is 11.7. The Labute approximate surface area is 122 Å². The van der Waals surface area contributed by atoms with Gasteiger partial charge in [-0.05, 0) is 51.9 Å². The van der Waals surface area contributed by atoms with Crippen molar-refractivity contribution in [3.8, 4) is 0 Å². The second-order valence-corrected chi connectivity index (χ2v) is 7.00. The Morgan fingerprint density at radius 1 is 1.45 bits per heavy atom. The Balaban J connectivity index is 1.70. The van der Waals surface area contributed by atoms with Gasteiger partial charge in [0.25, 0.3) is 0 Å². The lowest BCUT2D eigenvalue weighted by atomic mass is 9.71. The Morgan fingerprint density at radius 2 is 2.20 bits per heavy atom. The van der Waals surface area contributed by atoms with Crippen molar-refractivity contribution in [3.63, 3.8) is 0 Å². The van der Waals surface area contributed by atoms with Gasteiger partial charge in [0, 0.05) is 18.6 Å². The Hall–Kier alpha value is -1.03. The molecule has 0 heterocycles. The summed E-state index contributed by atoms with van der Waals surface area (Å²) >= 11 is 0. The van der Waals surface area contributed by atoms with Crippen molar-refractivity contribution in [1.29, 1.82) is 0 Å². The van der Waals surface area contributed by atoms with Gasteiger partial charge >= 0.3 is 6.09 Å². The number of allylic oxidation sites excluding steroid dienone is 1. The molecule has 0 aromatic rings. The molecule has 1 fully saturated rings. The number of hydrogen-bond donors (Lipinski definition) is 2. The number of fused-ring (bicyclic) bond motifs is 1. The molecule has 4 nitrogen and oxygen atoms in total. The molecule has 1 saturated carbocycles. The van der Waals surface area contributed by atoms with E-state index >= 15 is 0 Å². The first-order valence-corrected chi connectivity index (χ1v) is 7.78. The van der Waals surface area contributed by atoms with Crippen LogP contribution in [0.5, 0.6) is 0 Å². The van der Waals surface area contributed by atoms with E-state index in [2.05, 4.69) is 29.7 Å². The van der Waals surface area contributed by atoms with Crippen LogP contribution in [0.15, 0.2) is 12.2 Å². The number of carbonyl (C=O) groups excluding carboxylic acids is 1. The Kier molecular flexibility index (Phi) is 4.74. The predicted octanol–water partition coefficient (Wildman–Crippen LogP) is 2.84. The smallest absolute Gasteiger partial charge is 0.407 e. The first-order chi connectivity index (χ1) is 9.39. The second-order valence-electron chi connectivity index (χ2n) is 7.00. The van der Waals surface area contributed by atoms with Crippen LogP contribution in [0.1, 0.15) is 47.0 Å². The monoisotopic (exact) mass is 280 g/mol. The average Bonchev–Trinajstić information content (AvgIpc) is 2.69. The fourth-order valence-corrected chi connectivity index (χ4v) is 3.05. The van der Waals surface area contributed by atoms with Crippen molar-refractivity contribution >= 4 is 6.09 Å². The van der Waals surface area contributed by atoms with Crippen molar-refractivity contribution in [1.82, 2.24) is 10.6 Å². The summed E-state index contributed by atoms with van der Waals surface area (Å²) < 4.78 is 5.26. The van der Waals surface area contributed by atoms with Crippen LogP contribution < -0.4 is 10.6 Å². The fraction of sp³-hybridized carbons (Fsp3) is 0.812. The number of nitrogens with one attached hydrogen (secondary N) is 2. The molecule has 0 bridgehead atoms. The maximum Gasteiger partial charge on any atom is 0.407 e. The number of ether oxygens (including phenoxy) is 1. The second kappa shape index (κ2) is 6.17. The molecule has 4 heteroatoms. The minimum Gasteiger partial charge on any atom is -0.444 e. The lowest BCUT2D eigenvalue weighted by Gasteiger charge is -2.42. The summed E-state index contributed by atoms with van der Waals surface area (Å²) in [5, 5.41) is 6.53. The minimum atomic E-state index is -0.435. The summed E-state index contributed by atoms with van der Waals surface area (Å²) in [6.07, 6.45) is 7.84. The zero-order valence-electron chi connectivity index (χ0n) is 13.1. The molecule has 0 radical (unpaired) electrons. The van der Waals surface area contributed by atoms with Crippen molar-refractivity contribution in [2.24, 2.45) is 11.8 Å². The highest BCUT2D eigenvalue weighted by Gasteiger charge is 2.41. The third-order valence-corrected chi connectivity index (χ3v) is 4.20. The van der Waals surface area contributed by atoms with Crippen LogP contribution in [-0.4, -0.2) is 30.3 Å². The third-order valence-electron chi connectivity index (χ3n) is 4.20. The van der Waals surface area contributed by atoms with Crippen molar-refractivity contribution in [2.45, 2.75) is 64.6 Å². The van der Waals surface area contributed by atoms with Crippen LogP contribution in [-0.2, 0) is 4.74 Å². The van der Waals surface area contributed by atoms with E-state index in [1.54, 1.807) is 0 Å². The minimum absolute atomic E-state index is 0.322. The molecule has 0 aromatic carbocycles. The Bertz CT molecular complexity index is 373. The van der Waals surface area contributed by atoms with Crippen LogP contribution in [0.4, 0.5) is 4.79 Å². The molecule has 2 rings (SSSR count). The molecule has 4 atom stereocenters. The predicted molar refractivity (Wildman–Crippen MR) is 80.6 cm³/mol. The van der Waals surface area contributed by atoms with Crippen LogP contribution in [0.2, 0.25) is 0 Å². The number of amides is 1. The molecular formula is C16H28N2O2. The van der Waals surface area contributed by atoms with Crippen molar-refractivity contribution in [3.05, 3.63) is 12.2 Å². The van der Waals surface area contributed by atoms with Crippen LogP contribution >= 0.6 is 0 Å². The molecule has 2 aliphatic carbocycles. The molecule has 0 saturated heterocycles. The fourth-order valence-electron chi connectivity index (χ4n) is 3.05. The van der Waals surface area contributed by atoms with Gasteiger partial charge in [-0.2, -0.15) is 0 Å². The summed E-state index contributed by atoms with van der Waals surface area (Å²) in [6, 6.07) is 0.909. The van der Waals surface area contributed by atoms with Crippen molar-refractivity contribution in [2.75, 3.05) is 6.54 Å². The number of alkyl carbamates (subject to hydrolysis) is 1. The van der Waals surface area contributed by atoms with Gasteiger partial charge in [0.2, 0.25) is 0 Å². The molecule has 2 aliphatic rings. The largest absolute Gasteiger partial charge is 0.444 e. The highest BCUT2D eigenvalue weighted by molar-refractivity contribution is 5.67. The van der Waals surface area contributed by atoms with E-state index in [1.807, 2.05) is 20.8 Å². The zero-order valence-corrected chi connectivity index (χ0v) is 13.1. The average molecular weight is 280 g/mol. The molecule has 114 valence electrons. The standard InChI is InChI=1S/C16H28N2O2/c1-5-12(10-17-15(19)20-16(2,3)4)18-14-9-11-7-6-8-13(11)14/h6,8,11-14,18H,5,7,9-10H2,1-4H3,(H,17,19). The Morgan fingerprint density at radius 3 is 2.80 bits per heavy atom. The van der Waals surface area contributed by atoms with Crippen LogP contribution in [0.3, 0.4) is 0 Å². The highest BCUT2D eigenvalue weighted by atomic mass is 16.6. The van der Waals surface area contributed by atoms with Gasteiger partial charge in [-0.3, -0.25) is 0 Å². The molecule has 4 unspecified atom stereocenters. The molecule has 0 aliphatic heterocycles. The first kappa shape index (κ1) is 15.4. The molecule has 0 aromatic heterocycles. The number of hydrogen-bond acceptors (Lipinski definition) is 3. The number of carbonyl (C=O) groups is 1. The van der Waals surface area contributed by atoms with Gasteiger partial charge in [-0.15, -0.1) is 0 Å². The van der Waals surface area contributed by atoms with Gasteiger partial charge in [-0.25, -0.2) is 4.79 Å². The molecule has 20 heavy (non-hydrogen) atoms. The zero-order chi connectivity index (χ0) is 14.8. The quantitative estimate of drug-likeness (QED) is 0.761. The molecule has 1 amide bonds. The molecule has 2 N–H and O–H groups in total. The van der Waals surface area contributed by atoms with Crippen LogP contribution in [0, 0.1) is 11.8 Å². The highest BCUT2D eigenvalue weighted by Crippen LogP contribution is 2.42. The van der Waals surface area contributed by atoms with Crippen molar-refractivity contribution < 1.29 is 9.53 Å². The van der Waals surface area contributed by atoms with E-state index in [4.69, 9.17) is 4.74 Å². The van der Waals surface area contributed by atoms with E-state index in [-0.39, 0.29) is 6.09 Å². The summed E-state index contributed by atoms with van der Waals surface area (Å²) in [6.45, 7) is 8.41. The number of rotatable bonds is 5. The third kappa shape index (κ3) is 3.98. The van der Waals surface area contributed by atoms with Gasteiger partial charge < -0.3 is 15.4 Å². The van der Waals surface area contributed by atoms with Crippen LogP contribution in [0.25, 0.3) is 0 Å². The van der Waals surface area contributed by atoms with Gasteiger partial charge in [0.15, 0.2) is 0 Å². The summed E-state index contributed by atoms with van der Waals surface area (Å²) in [5.74, 6) is 1.58. The van der Waals surface area contributed by atoms with E-state index in [0.717, 1.165) is 12.3 Å². The lowest BCUT2D eigenvalue weighted by molar-refractivity contribution is 0.0516. The maximum absolute atomic E-state index is 11.7. The first-order valence-electron chi connectivity index (χ1n) is 7.78. The maximum atomic E-state index is 11.7. The molecule has 0 spiro atoms. The van der Waals surface area contributed by atoms with E-state index < -0.39 is 5.60 Å². The SMILES string of the molecule is CCC(CNC(=O)OC(C)(C)C)NC1CC2CC=CC21. The normalized spacial score (nSPS) is 29.5. The van der Waals surface area contributed by atoms with Gasteiger partial charge in [0.1, 0.15) is 5.60 Å². The summed E-state index contributed by atoms with van der Waals surface area (Å²) in [5.41, 5.74) is -0.435. The van der Waals surface area contributed by atoms with E-state index in [9.17, 15) is 4.79 Å². The lowest BCUT2D eigenvalue weighted by Crippen LogP contribution is -2.54. The van der Waals surface area contributed by atoms with Gasteiger partial charge in [-0.1, -0.05) is 19.1 Å². The topological polar surface area (TPSA) is 50.4 Å². The van der Waals surface area contributed by atoms with E-state index in [1.165, 1.54) is 12.8 Å².